The van der Waals surface area contributed by atoms with Gasteiger partial charge in [0.2, 0.25) is 5.91 Å². The molecule has 1 fully saturated rings. The van der Waals surface area contributed by atoms with Crippen LogP contribution in [-0.4, -0.2) is 27.3 Å². The van der Waals surface area contributed by atoms with Crippen LogP contribution in [0.5, 0.6) is 0 Å². The van der Waals surface area contributed by atoms with E-state index in [9.17, 15) is 4.79 Å². The van der Waals surface area contributed by atoms with E-state index in [4.69, 9.17) is 0 Å². The van der Waals surface area contributed by atoms with Crippen LogP contribution in [0.2, 0.25) is 0 Å². The predicted molar refractivity (Wildman–Crippen MR) is 92.8 cm³/mol. The van der Waals surface area contributed by atoms with E-state index in [0.717, 1.165) is 46.7 Å². The summed E-state index contributed by atoms with van der Waals surface area (Å²) in [6.07, 6.45) is 4.94. The molecule has 1 aromatic carbocycles. The Morgan fingerprint density at radius 2 is 2.09 bits per heavy atom. The number of nitrogens with zero attached hydrogens (tertiary/aromatic N) is 2. The minimum absolute atomic E-state index is 0.0404. The van der Waals surface area contributed by atoms with Crippen LogP contribution in [0.1, 0.15) is 19.3 Å². The van der Waals surface area contributed by atoms with Gasteiger partial charge >= 0.3 is 0 Å². The Balaban J connectivity index is 1.81. The van der Waals surface area contributed by atoms with Crippen LogP contribution in [0, 0.1) is 0 Å². The number of imidazole rings is 1. The first kappa shape index (κ1) is 15.6. The fraction of sp³-hybridized carbons (Fsp3) is 0.375. The maximum absolute atomic E-state index is 12.1. The van der Waals surface area contributed by atoms with Crippen LogP contribution < -0.4 is 5.32 Å². The average molecular weight is 380 g/mol. The van der Waals surface area contributed by atoms with Gasteiger partial charge in [0, 0.05) is 18.1 Å². The summed E-state index contributed by atoms with van der Waals surface area (Å²) in [4.78, 5) is 16.6. The summed E-state index contributed by atoms with van der Waals surface area (Å²) in [5.74, 6) is 0.135. The summed E-state index contributed by atoms with van der Waals surface area (Å²) in [5.41, 5.74) is 2.18. The number of carbonyl (C=O) groups is 1. The molecule has 0 spiro atoms. The topological polar surface area (TPSA) is 46.9 Å². The van der Waals surface area contributed by atoms with E-state index >= 15 is 0 Å². The standard InChI is InChI=1S/C16H18BrN3OS/c1-20-13(11-5-7-12(17)8-6-11)10-19-16(20)22-14-4-2-3-9-18-15(14)21/h5-8,10,14H,2-4,9H2,1H3,(H,18,21). The minimum atomic E-state index is -0.0404. The van der Waals surface area contributed by atoms with E-state index < -0.39 is 0 Å². The lowest BCUT2D eigenvalue weighted by Gasteiger charge is -2.12. The van der Waals surface area contributed by atoms with Crippen molar-refractivity contribution in [1.82, 2.24) is 14.9 Å². The van der Waals surface area contributed by atoms with Gasteiger partial charge in [0.1, 0.15) is 0 Å². The number of aromatic nitrogens is 2. The minimum Gasteiger partial charge on any atom is -0.355 e. The molecule has 6 heteroatoms. The fourth-order valence-corrected chi connectivity index (χ4v) is 3.91. The van der Waals surface area contributed by atoms with Gasteiger partial charge in [0.05, 0.1) is 17.1 Å². The zero-order chi connectivity index (χ0) is 15.5. The van der Waals surface area contributed by atoms with E-state index in [1.807, 2.05) is 25.4 Å². The molecule has 1 aliphatic heterocycles. The Labute approximate surface area is 142 Å². The smallest absolute Gasteiger partial charge is 0.233 e. The average Bonchev–Trinajstić information content (AvgIpc) is 2.74. The molecule has 116 valence electrons. The van der Waals surface area contributed by atoms with Gasteiger partial charge in [-0.3, -0.25) is 4.79 Å². The van der Waals surface area contributed by atoms with Crippen molar-refractivity contribution in [3.05, 3.63) is 34.9 Å². The molecule has 0 bridgehead atoms. The Morgan fingerprint density at radius 3 is 2.86 bits per heavy atom. The van der Waals surface area contributed by atoms with Crippen molar-refractivity contribution in [2.75, 3.05) is 6.54 Å². The summed E-state index contributed by atoms with van der Waals surface area (Å²) in [7, 11) is 2.00. The Bertz CT molecular complexity index is 669. The van der Waals surface area contributed by atoms with Gasteiger partial charge in [-0.1, -0.05) is 46.2 Å². The molecule has 1 aromatic heterocycles. The van der Waals surface area contributed by atoms with Crippen LogP contribution in [0.15, 0.2) is 40.1 Å². The van der Waals surface area contributed by atoms with Crippen molar-refractivity contribution in [2.45, 2.75) is 29.7 Å². The number of nitrogens with one attached hydrogen (secondary N) is 1. The van der Waals surface area contributed by atoms with E-state index in [2.05, 4.69) is 42.9 Å². The van der Waals surface area contributed by atoms with Crippen LogP contribution in [0.4, 0.5) is 0 Å². The first-order valence-corrected chi connectivity index (χ1v) is 9.04. The van der Waals surface area contributed by atoms with Crippen molar-refractivity contribution in [2.24, 2.45) is 7.05 Å². The lowest BCUT2D eigenvalue weighted by molar-refractivity contribution is -0.120. The van der Waals surface area contributed by atoms with Gasteiger partial charge in [-0.2, -0.15) is 0 Å². The summed E-state index contributed by atoms with van der Waals surface area (Å²) < 4.78 is 3.12. The molecule has 1 unspecified atom stereocenters. The van der Waals surface area contributed by atoms with Crippen molar-refractivity contribution in [3.8, 4) is 11.3 Å². The van der Waals surface area contributed by atoms with Gasteiger partial charge in [0.25, 0.3) is 0 Å². The van der Waals surface area contributed by atoms with Gasteiger partial charge in [-0.25, -0.2) is 4.98 Å². The monoisotopic (exact) mass is 379 g/mol. The first-order chi connectivity index (χ1) is 10.6. The molecule has 1 atom stereocenters. The molecule has 2 heterocycles. The van der Waals surface area contributed by atoms with Gasteiger partial charge in [-0.15, -0.1) is 0 Å². The third-order valence-electron chi connectivity index (χ3n) is 3.82. The molecule has 4 nitrogen and oxygen atoms in total. The largest absolute Gasteiger partial charge is 0.355 e. The van der Waals surface area contributed by atoms with Crippen LogP contribution in [-0.2, 0) is 11.8 Å². The number of rotatable bonds is 3. The number of halogens is 1. The fourth-order valence-electron chi connectivity index (χ4n) is 2.54. The quantitative estimate of drug-likeness (QED) is 0.885. The molecule has 0 radical (unpaired) electrons. The second kappa shape index (κ2) is 6.87. The zero-order valence-corrected chi connectivity index (χ0v) is 14.8. The van der Waals surface area contributed by atoms with E-state index in [1.54, 1.807) is 11.8 Å². The van der Waals surface area contributed by atoms with Gasteiger partial charge in [0.15, 0.2) is 5.16 Å². The van der Waals surface area contributed by atoms with E-state index in [-0.39, 0.29) is 11.2 Å². The summed E-state index contributed by atoms with van der Waals surface area (Å²) in [5, 5.41) is 3.83. The van der Waals surface area contributed by atoms with Crippen LogP contribution in [0.25, 0.3) is 11.3 Å². The number of thioether (sulfide) groups is 1. The van der Waals surface area contributed by atoms with Crippen molar-refractivity contribution >= 4 is 33.6 Å². The highest BCUT2D eigenvalue weighted by atomic mass is 79.9. The number of hydrogen-bond acceptors (Lipinski definition) is 3. The second-order valence-electron chi connectivity index (χ2n) is 5.39. The van der Waals surface area contributed by atoms with Crippen LogP contribution in [0.3, 0.4) is 0 Å². The molecular formula is C16H18BrN3OS. The molecular weight excluding hydrogens is 362 g/mol. The SMILES string of the molecule is Cn1c(-c2ccc(Br)cc2)cnc1SC1CCCCNC1=O. The highest BCUT2D eigenvalue weighted by molar-refractivity contribution is 9.10. The van der Waals surface area contributed by atoms with Crippen molar-refractivity contribution in [1.29, 1.82) is 0 Å². The summed E-state index contributed by atoms with van der Waals surface area (Å²) in [6, 6.07) is 8.17. The lowest BCUT2D eigenvalue weighted by atomic mass is 10.2. The molecule has 1 amide bonds. The third kappa shape index (κ3) is 3.38. The summed E-state index contributed by atoms with van der Waals surface area (Å²) in [6.45, 7) is 0.792. The Kier molecular flexibility index (Phi) is 4.88. The van der Waals surface area contributed by atoms with Crippen molar-refractivity contribution in [3.63, 3.8) is 0 Å². The highest BCUT2D eigenvalue weighted by Gasteiger charge is 2.24. The molecule has 1 saturated heterocycles. The third-order valence-corrected chi connectivity index (χ3v) is 5.67. The predicted octanol–water partition coefficient (Wildman–Crippen LogP) is 3.61. The molecule has 2 aromatic rings. The molecule has 3 rings (SSSR count). The lowest BCUT2D eigenvalue weighted by Crippen LogP contribution is -2.30. The molecule has 1 aliphatic rings. The zero-order valence-electron chi connectivity index (χ0n) is 12.4. The molecule has 22 heavy (non-hydrogen) atoms. The number of amides is 1. The maximum Gasteiger partial charge on any atom is 0.233 e. The first-order valence-electron chi connectivity index (χ1n) is 7.37. The molecule has 0 saturated carbocycles. The van der Waals surface area contributed by atoms with E-state index in [0.29, 0.717) is 0 Å². The van der Waals surface area contributed by atoms with Gasteiger partial charge < -0.3 is 9.88 Å². The summed E-state index contributed by atoms with van der Waals surface area (Å²) >= 11 is 5.01. The highest BCUT2D eigenvalue weighted by Crippen LogP contribution is 2.30. The normalized spacial score (nSPS) is 18.8. The molecule has 0 aliphatic carbocycles. The Hall–Kier alpha value is -1.27. The molecule has 1 N–H and O–H groups in total. The van der Waals surface area contributed by atoms with Gasteiger partial charge in [-0.05, 0) is 30.5 Å². The Morgan fingerprint density at radius 1 is 1.32 bits per heavy atom. The van der Waals surface area contributed by atoms with E-state index in [1.165, 1.54) is 0 Å². The second-order valence-corrected chi connectivity index (χ2v) is 7.47. The number of hydrogen-bond donors (Lipinski definition) is 1. The number of carbonyl (C=O) groups excluding carboxylic acids is 1. The van der Waals surface area contributed by atoms with Crippen LogP contribution >= 0.6 is 27.7 Å². The number of benzene rings is 1. The maximum atomic E-state index is 12.1. The van der Waals surface area contributed by atoms with Crippen molar-refractivity contribution < 1.29 is 4.79 Å².